The van der Waals surface area contributed by atoms with Gasteiger partial charge in [-0.2, -0.15) is 52.7 Å². The highest BCUT2D eigenvalue weighted by Crippen LogP contribution is 2.57. The van der Waals surface area contributed by atoms with E-state index in [4.69, 9.17) is 0 Å². The number of hydrogen-bond acceptors (Lipinski definition) is 4. The van der Waals surface area contributed by atoms with E-state index in [1.54, 1.807) is 26.1 Å². The molecule has 6 rings (SSSR count). The zero-order valence-electron chi connectivity index (χ0n) is 29.5. The van der Waals surface area contributed by atoms with E-state index >= 15 is 0 Å². The Morgan fingerprint density at radius 1 is 0.491 bits per heavy atom. The minimum absolute atomic E-state index is 0.0450. The van der Waals surface area contributed by atoms with Gasteiger partial charge >= 0.3 is 24.7 Å². The number of carbonyl (C=O) groups excluding carboxylic acids is 4. The fraction of sp³-hybridized carbons (Fsp3) is 0.282. The number of fused-ring (bicyclic) bond motifs is 2. The number of anilines is 1. The van der Waals surface area contributed by atoms with Gasteiger partial charge in [0.25, 0.3) is 23.6 Å². The van der Waals surface area contributed by atoms with Crippen LogP contribution in [0.15, 0.2) is 72.8 Å². The summed E-state index contributed by atoms with van der Waals surface area (Å²) in [5, 5.41) is 1.74. The van der Waals surface area contributed by atoms with Gasteiger partial charge in [-0.05, 0) is 88.5 Å². The van der Waals surface area contributed by atoms with Crippen molar-refractivity contribution in [2.45, 2.75) is 69.1 Å². The Morgan fingerprint density at radius 3 is 1.42 bits per heavy atom. The van der Waals surface area contributed by atoms with Crippen LogP contribution in [0.2, 0.25) is 0 Å². The second-order valence-electron chi connectivity index (χ2n) is 13.7. The maximum Gasteiger partial charge on any atom is 0.417 e. The van der Waals surface area contributed by atoms with Crippen LogP contribution in [0.4, 0.5) is 58.4 Å². The van der Waals surface area contributed by atoms with Crippen molar-refractivity contribution in [1.82, 2.24) is 5.32 Å². The van der Waals surface area contributed by atoms with E-state index in [0.29, 0.717) is 43.2 Å². The molecule has 0 aliphatic carbocycles. The van der Waals surface area contributed by atoms with Crippen molar-refractivity contribution >= 4 is 29.3 Å². The normalized spacial score (nSPS) is 15.3. The van der Waals surface area contributed by atoms with E-state index < -0.39 is 120 Å². The van der Waals surface area contributed by atoms with Crippen molar-refractivity contribution in [3.05, 3.63) is 123 Å². The van der Waals surface area contributed by atoms with Crippen molar-refractivity contribution in [2.75, 3.05) is 4.90 Å². The van der Waals surface area contributed by atoms with Crippen molar-refractivity contribution in [3.63, 3.8) is 0 Å². The highest BCUT2D eigenvalue weighted by atomic mass is 19.4. The number of halogens is 12. The van der Waals surface area contributed by atoms with E-state index in [1.807, 2.05) is 0 Å². The molecule has 300 valence electrons. The Balaban J connectivity index is 1.49. The number of amides is 4. The quantitative estimate of drug-likeness (QED) is 0.149. The number of nitrogens with zero attached hydrogens (tertiary/aromatic N) is 1. The van der Waals surface area contributed by atoms with E-state index in [9.17, 15) is 71.9 Å². The van der Waals surface area contributed by atoms with Gasteiger partial charge in [0, 0.05) is 0 Å². The molecule has 0 saturated carbocycles. The summed E-state index contributed by atoms with van der Waals surface area (Å²) in [6.07, 6.45) is -22.3. The summed E-state index contributed by atoms with van der Waals surface area (Å²) in [4.78, 5) is 51.4. The molecule has 0 fully saturated rings. The van der Waals surface area contributed by atoms with Crippen LogP contribution in [0.5, 0.6) is 0 Å². The average Bonchev–Trinajstić information content (AvgIpc) is 3.54. The molecule has 2 heterocycles. The SMILES string of the molecule is CCC(C)(CC)c1ccc(-c2ccc(N3C(=O)c4ccc(C(c5ccc6c(c5)C(=O)NC6=O)(C(F)(F)F)C(F)(F)F)cc4C3=O)cc2C(F)(F)F)c(C(F)(F)F)c1. The van der Waals surface area contributed by atoms with Crippen LogP contribution < -0.4 is 10.2 Å². The van der Waals surface area contributed by atoms with E-state index in [2.05, 4.69) is 0 Å². The molecule has 0 unspecified atom stereocenters. The fourth-order valence-electron chi connectivity index (χ4n) is 7.28. The second kappa shape index (κ2) is 13.2. The van der Waals surface area contributed by atoms with Gasteiger partial charge in [-0.25, -0.2) is 4.90 Å². The maximum atomic E-state index is 15.0. The minimum atomic E-state index is -6.27. The molecule has 57 heavy (non-hydrogen) atoms. The molecular weight excluding hydrogens is 788 g/mol. The Hall–Kier alpha value is -5.68. The first-order valence-corrected chi connectivity index (χ1v) is 16.8. The fourth-order valence-corrected chi connectivity index (χ4v) is 7.28. The van der Waals surface area contributed by atoms with Gasteiger partial charge in [0.2, 0.25) is 5.41 Å². The summed E-state index contributed by atoms with van der Waals surface area (Å²) in [6, 6.07) is 6.20. The number of benzene rings is 4. The van der Waals surface area contributed by atoms with Crippen LogP contribution in [0, 0.1) is 0 Å². The van der Waals surface area contributed by atoms with Crippen LogP contribution in [0.1, 0.15) is 103 Å². The van der Waals surface area contributed by atoms with Gasteiger partial charge in [-0.1, -0.05) is 51.1 Å². The number of imide groups is 2. The summed E-state index contributed by atoms with van der Waals surface area (Å²) in [5.74, 6) is -5.47. The molecule has 0 bridgehead atoms. The predicted octanol–water partition coefficient (Wildman–Crippen LogP) is 10.6. The molecule has 4 amide bonds. The first kappa shape index (κ1) is 41.0. The lowest BCUT2D eigenvalue weighted by Crippen LogP contribution is -2.55. The summed E-state index contributed by atoms with van der Waals surface area (Å²) in [6.45, 7) is 5.15. The number of carbonyl (C=O) groups is 4. The first-order valence-electron chi connectivity index (χ1n) is 16.8. The highest BCUT2D eigenvalue weighted by Gasteiger charge is 2.73. The Bertz CT molecular complexity index is 2360. The van der Waals surface area contributed by atoms with E-state index in [0.717, 1.165) is 12.1 Å². The summed E-state index contributed by atoms with van der Waals surface area (Å²) in [5.41, 5.74) is -18.0. The van der Waals surface area contributed by atoms with Gasteiger partial charge in [0.05, 0.1) is 39.1 Å². The molecule has 1 N–H and O–H groups in total. The molecule has 18 heteroatoms. The van der Waals surface area contributed by atoms with Gasteiger partial charge in [0.1, 0.15) is 0 Å². The van der Waals surface area contributed by atoms with Gasteiger partial charge in [-0.15, -0.1) is 0 Å². The van der Waals surface area contributed by atoms with Crippen LogP contribution in [-0.2, 0) is 23.2 Å². The molecule has 0 atom stereocenters. The molecule has 0 radical (unpaired) electrons. The Morgan fingerprint density at radius 2 is 0.912 bits per heavy atom. The third kappa shape index (κ3) is 6.32. The highest BCUT2D eigenvalue weighted by molar-refractivity contribution is 6.34. The third-order valence-corrected chi connectivity index (χ3v) is 10.8. The van der Waals surface area contributed by atoms with Crippen LogP contribution in [-0.4, -0.2) is 36.0 Å². The van der Waals surface area contributed by atoms with Gasteiger partial charge < -0.3 is 0 Å². The molecule has 0 aromatic heterocycles. The predicted molar refractivity (Wildman–Crippen MR) is 179 cm³/mol. The largest absolute Gasteiger partial charge is 0.417 e. The van der Waals surface area contributed by atoms with Gasteiger partial charge in [0.15, 0.2) is 0 Å². The number of hydrogen-bond donors (Lipinski definition) is 1. The van der Waals surface area contributed by atoms with Crippen molar-refractivity contribution in [1.29, 1.82) is 0 Å². The van der Waals surface area contributed by atoms with Crippen molar-refractivity contribution in [3.8, 4) is 11.1 Å². The average molecular weight is 815 g/mol. The molecule has 2 aliphatic rings. The lowest BCUT2D eigenvalue weighted by molar-refractivity contribution is -0.288. The zero-order chi connectivity index (χ0) is 42.4. The first-order chi connectivity index (χ1) is 26.2. The standard InChI is InChI=1S/C39H26F12N2O4/c1-4-34(3,5-2)18-6-10-22(28(16-18)36(40,41)42)23-13-9-21(17-29(23)37(43,44)45)53-32(56)25-12-8-20(15-27(25)33(53)57)35(38(46,47)48,39(49,50)51)19-7-11-24-26(14-19)31(55)52-30(24)54/h6-17H,4-5H2,1-3H3,(H,52,54,55). The lowest BCUT2D eigenvalue weighted by Gasteiger charge is -2.38. The van der Waals surface area contributed by atoms with E-state index in [1.165, 1.54) is 6.07 Å². The number of alkyl halides is 12. The molecule has 2 aliphatic heterocycles. The molecule has 6 nitrogen and oxygen atoms in total. The smallest absolute Gasteiger partial charge is 0.288 e. The Kier molecular flexibility index (Phi) is 9.48. The number of rotatable bonds is 7. The maximum absolute atomic E-state index is 15.0. The monoisotopic (exact) mass is 814 g/mol. The topological polar surface area (TPSA) is 83.6 Å². The lowest BCUT2D eigenvalue weighted by atomic mass is 9.71. The summed E-state index contributed by atoms with van der Waals surface area (Å²) >= 11 is 0. The molecular formula is C39H26F12N2O4. The van der Waals surface area contributed by atoms with Crippen LogP contribution in [0.25, 0.3) is 11.1 Å². The third-order valence-electron chi connectivity index (χ3n) is 10.8. The second-order valence-corrected chi connectivity index (χ2v) is 13.7. The Labute approximate surface area is 314 Å². The summed E-state index contributed by atoms with van der Waals surface area (Å²) in [7, 11) is 0. The molecule has 0 spiro atoms. The molecule has 4 aromatic rings. The van der Waals surface area contributed by atoms with Crippen LogP contribution in [0.3, 0.4) is 0 Å². The minimum Gasteiger partial charge on any atom is -0.288 e. The van der Waals surface area contributed by atoms with E-state index in [-0.39, 0.29) is 34.7 Å². The van der Waals surface area contributed by atoms with Crippen molar-refractivity contribution in [2.24, 2.45) is 0 Å². The van der Waals surface area contributed by atoms with Gasteiger partial charge in [-0.3, -0.25) is 24.5 Å². The van der Waals surface area contributed by atoms with Crippen LogP contribution >= 0.6 is 0 Å². The van der Waals surface area contributed by atoms with Crippen molar-refractivity contribution < 1.29 is 71.9 Å². The molecule has 4 aromatic carbocycles. The molecule has 0 saturated heterocycles. The number of nitrogens with one attached hydrogen (secondary N) is 1. The summed E-state index contributed by atoms with van der Waals surface area (Å²) < 4.78 is 177. The zero-order valence-corrected chi connectivity index (χ0v) is 29.5.